The maximum atomic E-state index is 13.0. The van der Waals surface area contributed by atoms with Gasteiger partial charge < -0.3 is 34.3 Å². The van der Waals surface area contributed by atoms with Crippen LogP contribution in [-0.2, 0) is 25.4 Å². The van der Waals surface area contributed by atoms with E-state index in [1.807, 2.05) is 62.4 Å². The average Bonchev–Trinajstić information content (AvgIpc) is 3.73. The van der Waals surface area contributed by atoms with Gasteiger partial charge in [0.05, 0.1) is 20.8 Å². The molecule has 3 aliphatic rings. The van der Waals surface area contributed by atoms with Crippen molar-refractivity contribution in [1.29, 1.82) is 0 Å². The summed E-state index contributed by atoms with van der Waals surface area (Å²) >= 11 is 0. The molecule has 4 aromatic rings. The van der Waals surface area contributed by atoms with Crippen LogP contribution in [0.2, 0.25) is 0 Å². The Hall–Kier alpha value is -4.74. The predicted molar refractivity (Wildman–Crippen MR) is 171 cm³/mol. The maximum Gasteiger partial charge on any atom is 0.255 e. The Morgan fingerprint density at radius 1 is 0.696 bits per heavy atom. The van der Waals surface area contributed by atoms with Crippen LogP contribution in [0.4, 0.5) is 11.4 Å². The first kappa shape index (κ1) is 29.9. The van der Waals surface area contributed by atoms with Crippen molar-refractivity contribution in [3.8, 4) is 11.5 Å². The molecular formula is C36H35N3O7. The monoisotopic (exact) mass is 621 g/mol. The first-order valence-electron chi connectivity index (χ1n) is 15.1. The zero-order valence-electron chi connectivity index (χ0n) is 26.0. The van der Waals surface area contributed by atoms with E-state index in [-0.39, 0.29) is 18.0 Å². The summed E-state index contributed by atoms with van der Waals surface area (Å²) in [6, 6.07) is 29.2. The van der Waals surface area contributed by atoms with Crippen molar-refractivity contribution in [2.45, 2.75) is 43.7 Å². The van der Waals surface area contributed by atoms with Crippen molar-refractivity contribution in [2.75, 3.05) is 31.5 Å². The molecule has 0 aliphatic carbocycles. The fourth-order valence-electron chi connectivity index (χ4n) is 6.52. The number of nitrogens with one attached hydrogen (secondary N) is 2. The summed E-state index contributed by atoms with van der Waals surface area (Å²) in [5.41, 5.74) is 2.34. The third kappa shape index (κ3) is 5.09. The molecule has 3 aliphatic heterocycles. The number of carbonyl (C=O) groups excluding carboxylic acids is 2. The Morgan fingerprint density at radius 3 is 1.65 bits per heavy atom. The van der Waals surface area contributed by atoms with E-state index in [0.717, 1.165) is 11.1 Å². The zero-order valence-corrected chi connectivity index (χ0v) is 26.0. The van der Waals surface area contributed by atoms with Crippen molar-refractivity contribution in [3.05, 3.63) is 119 Å². The molecule has 0 saturated carbocycles. The second kappa shape index (κ2) is 11.6. The lowest BCUT2D eigenvalue weighted by molar-refractivity contribution is -0.138. The van der Waals surface area contributed by atoms with Crippen LogP contribution in [0.25, 0.3) is 0 Å². The van der Waals surface area contributed by atoms with Gasteiger partial charge in [-0.15, -0.1) is 0 Å². The summed E-state index contributed by atoms with van der Waals surface area (Å²) in [4.78, 5) is 28.1. The number of methoxy groups -OCH3 is 2. The molecule has 2 N–H and O–H groups in total. The standard InChI is InChI=1S/C36H35N3O7/c1-35(24-7-5-9-26(19-24)37-31(40)22-11-15-28(42-3)16-12-22)33-39-30(21-44-33)45-36(2,34(39)46-35)25-8-6-10-27(20-25)38-32(41)23-13-17-29(43-4)18-14-23/h5-20,30,33-34H,21H2,1-4H3,(H,37,40)(H,38,41)/t30-,33-,34-,35-,36-/m1/s1. The fraction of sp³-hybridized carbons (Fsp3) is 0.278. The minimum absolute atomic E-state index is 0.227. The summed E-state index contributed by atoms with van der Waals surface area (Å²) in [6.45, 7) is 4.40. The topological polar surface area (TPSA) is 108 Å². The smallest absolute Gasteiger partial charge is 0.255 e. The molecule has 46 heavy (non-hydrogen) atoms. The van der Waals surface area contributed by atoms with Gasteiger partial charge in [0, 0.05) is 22.5 Å². The van der Waals surface area contributed by atoms with E-state index >= 15 is 0 Å². The molecule has 0 aromatic heterocycles. The van der Waals surface area contributed by atoms with E-state index in [1.165, 1.54) is 0 Å². The molecule has 3 saturated heterocycles. The van der Waals surface area contributed by atoms with Crippen molar-refractivity contribution in [2.24, 2.45) is 0 Å². The number of ether oxygens (including phenoxy) is 5. The highest BCUT2D eigenvalue weighted by molar-refractivity contribution is 6.05. The van der Waals surface area contributed by atoms with Gasteiger partial charge in [-0.05, 0) is 97.8 Å². The SMILES string of the molecule is COc1ccc(C(=O)Nc2cccc([C@@]3(C)O[C@@H]4CO[C@H]5N4[C@@H]3O[C@]5(C)c3cccc(NC(=O)c4ccc(OC)cc4)c3)c2)cc1. The Kier molecular flexibility index (Phi) is 7.53. The first-order chi connectivity index (χ1) is 22.2. The molecular weight excluding hydrogens is 586 g/mol. The van der Waals surface area contributed by atoms with E-state index in [2.05, 4.69) is 15.5 Å². The molecule has 4 aromatic carbocycles. The molecule has 10 nitrogen and oxygen atoms in total. The first-order valence-corrected chi connectivity index (χ1v) is 15.1. The highest BCUT2D eigenvalue weighted by Gasteiger charge is 2.68. The van der Waals surface area contributed by atoms with E-state index in [9.17, 15) is 9.59 Å². The maximum absolute atomic E-state index is 13.0. The van der Waals surface area contributed by atoms with Crippen LogP contribution in [-0.4, -0.2) is 56.2 Å². The van der Waals surface area contributed by atoms with Crippen molar-refractivity contribution < 1.29 is 33.3 Å². The van der Waals surface area contributed by atoms with Gasteiger partial charge in [0.2, 0.25) is 0 Å². The minimum Gasteiger partial charge on any atom is -0.497 e. The molecule has 0 unspecified atom stereocenters. The largest absolute Gasteiger partial charge is 0.497 e. The van der Waals surface area contributed by atoms with E-state index in [0.29, 0.717) is 40.6 Å². The number of hydrogen-bond donors (Lipinski definition) is 2. The van der Waals surface area contributed by atoms with Gasteiger partial charge in [0.25, 0.3) is 11.8 Å². The number of nitrogens with zero attached hydrogens (tertiary/aromatic N) is 1. The number of hydrogen-bond acceptors (Lipinski definition) is 8. The Balaban J connectivity index is 1.12. The van der Waals surface area contributed by atoms with Crippen molar-refractivity contribution in [1.82, 2.24) is 4.90 Å². The van der Waals surface area contributed by atoms with Crippen LogP contribution in [0.3, 0.4) is 0 Å². The number of rotatable bonds is 8. The fourth-order valence-corrected chi connectivity index (χ4v) is 6.52. The van der Waals surface area contributed by atoms with Crippen LogP contribution in [0, 0.1) is 0 Å². The molecule has 0 radical (unpaired) electrons. The number of benzene rings is 4. The lowest BCUT2D eigenvalue weighted by Crippen LogP contribution is -2.40. The van der Waals surface area contributed by atoms with E-state index in [1.54, 1.807) is 62.8 Å². The summed E-state index contributed by atoms with van der Waals surface area (Å²) < 4.78 is 30.2. The summed E-state index contributed by atoms with van der Waals surface area (Å²) in [5.74, 6) is 0.910. The Morgan fingerprint density at radius 2 is 1.17 bits per heavy atom. The molecule has 3 fully saturated rings. The third-order valence-corrected chi connectivity index (χ3v) is 9.04. The van der Waals surface area contributed by atoms with E-state index < -0.39 is 23.7 Å². The van der Waals surface area contributed by atoms with Crippen LogP contribution in [0.15, 0.2) is 97.1 Å². The quantitative estimate of drug-likeness (QED) is 0.258. The average molecular weight is 622 g/mol. The molecule has 0 bridgehead atoms. The minimum atomic E-state index is -0.856. The highest BCUT2D eigenvalue weighted by Crippen LogP contribution is 2.56. The molecule has 0 spiro atoms. The second-order valence-corrected chi connectivity index (χ2v) is 11.9. The second-order valence-electron chi connectivity index (χ2n) is 11.9. The predicted octanol–water partition coefficient (Wildman–Crippen LogP) is 5.71. The summed E-state index contributed by atoms with van der Waals surface area (Å²) in [5, 5.41) is 5.99. The summed E-state index contributed by atoms with van der Waals surface area (Å²) in [7, 11) is 3.17. The lowest BCUT2D eigenvalue weighted by Gasteiger charge is -2.33. The number of amides is 2. The number of anilines is 2. The van der Waals surface area contributed by atoms with Crippen LogP contribution in [0.5, 0.6) is 11.5 Å². The van der Waals surface area contributed by atoms with Crippen LogP contribution >= 0.6 is 0 Å². The van der Waals surface area contributed by atoms with Gasteiger partial charge in [-0.25, -0.2) is 4.90 Å². The molecule has 10 heteroatoms. The van der Waals surface area contributed by atoms with Crippen molar-refractivity contribution in [3.63, 3.8) is 0 Å². The van der Waals surface area contributed by atoms with Gasteiger partial charge in [0.1, 0.15) is 41.4 Å². The molecule has 236 valence electrons. The van der Waals surface area contributed by atoms with Crippen LogP contribution in [0.1, 0.15) is 45.7 Å². The van der Waals surface area contributed by atoms with Gasteiger partial charge in [-0.2, -0.15) is 0 Å². The van der Waals surface area contributed by atoms with Crippen molar-refractivity contribution >= 4 is 23.2 Å². The Labute approximate surface area is 267 Å². The zero-order chi connectivity index (χ0) is 32.1. The molecule has 7 rings (SSSR count). The van der Waals surface area contributed by atoms with E-state index in [4.69, 9.17) is 23.7 Å². The van der Waals surface area contributed by atoms with Gasteiger partial charge in [-0.3, -0.25) is 9.59 Å². The molecule has 2 amide bonds. The third-order valence-electron chi connectivity index (χ3n) is 9.04. The van der Waals surface area contributed by atoms with Gasteiger partial charge >= 0.3 is 0 Å². The highest BCUT2D eigenvalue weighted by atomic mass is 16.7. The Bertz CT molecular complexity index is 1670. The summed E-state index contributed by atoms with van der Waals surface area (Å²) in [6.07, 6.45) is -1.19. The molecule has 5 atom stereocenters. The number of carbonyl (C=O) groups is 2. The lowest BCUT2D eigenvalue weighted by atomic mass is 9.93. The molecule has 3 heterocycles. The normalized spacial score (nSPS) is 26.4. The van der Waals surface area contributed by atoms with Gasteiger partial charge in [0.15, 0.2) is 0 Å². The van der Waals surface area contributed by atoms with Gasteiger partial charge in [-0.1, -0.05) is 24.3 Å². The van der Waals surface area contributed by atoms with Crippen LogP contribution < -0.4 is 20.1 Å².